The highest BCUT2D eigenvalue weighted by Crippen LogP contribution is 2.17. The summed E-state index contributed by atoms with van der Waals surface area (Å²) in [5.74, 6) is 0.486. The summed E-state index contributed by atoms with van der Waals surface area (Å²) < 4.78 is 24.3. The van der Waals surface area contributed by atoms with Crippen molar-refractivity contribution < 1.29 is 8.42 Å². The topological polar surface area (TPSA) is 49.4 Å². The maximum Gasteiger partial charge on any atom is 0.211 e. The average Bonchev–Trinajstić information content (AvgIpc) is 2.17. The molecule has 0 aromatic heterocycles. The lowest BCUT2D eigenvalue weighted by molar-refractivity contribution is 0.261. The van der Waals surface area contributed by atoms with Crippen LogP contribution in [-0.2, 0) is 10.0 Å². The monoisotopic (exact) mass is 234 g/mol. The van der Waals surface area contributed by atoms with E-state index >= 15 is 0 Å². The summed E-state index contributed by atoms with van der Waals surface area (Å²) in [5.41, 5.74) is 0. The van der Waals surface area contributed by atoms with Crippen LogP contribution in [-0.4, -0.2) is 45.2 Å². The van der Waals surface area contributed by atoms with E-state index in [1.807, 2.05) is 0 Å². The van der Waals surface area contributed by atoms with Crippen molar-refractivity contribution in [3.63, 3.8) is 0 Å². The predicted molar refractivity (Wildman–Crippen MR) is 62.3 cm³/mol. The largest absolute Gasteiger partial charge is 0.316 e. The predicted octanol–water partition coefficient (Wildman–Crippen LogP) is 0.658. The molecule has 15 heavy (non-hydrogen) atoms. The molecule has 1 N–H and O–H groups in total. The molecular formula is C10H22N2O2S. The summed E-state index contributed by atoms with van der Waals surface area (Å²) in [7, 11) is -2.98. The molecule has 90 valence electrons. The second-order valence-electron chi connectivity index (χ2n) is 4.33. The first-order chi connectivity index (χ1) is 7.04. The first kappa shape index (κ1) is 12.9. The molecule has 1 unspecified atom stereocenters. The van der Waals surface area contributed by atoms with Crippen molar-refractivity contribution in [1.29, 1.82) is 0 Å². The van der Waals surface area contributed by atoms with Gasteiger partial charge in [-0.25, -0.2) is 12.7 Å². The van der Waals surface area contributed by atoms with Crippen molar-refractivity contribution in [2.75, 3.05) is 32.4 Å². The Kier molecular flexibility index (Phi) is 5.02. The van der Waals surface area contributed by atoms with E-state index in [2.05, 4.69) is 12.2 Å². The molecule has 1 saturated heterocycles. The molecule has 0 aliphatic carbocycles. The molecule has 0 saturated carbocycles. The van der Waals surface area contributed by atoms with Gasteiger partial charge in [-0.2, -0.15) is 0 Å². The Balaban J connectivity index is 2.36. The number of nitrogens with zero attached hydrogens (tertiary/aromatic N) is 1. The SMILES string of the molecule is CCCNCC1CCCN(S(C)(=O)=O)C1. The van der Waals surface area contributed by atoms with Crippen molar-refractivity contribution in [3.05, 3.63) is 0 Å². The van der Waals surface area contributed by atoms with Gasteiger partial charge in [-0.15, -0.1) is 0 Å². The van der Waals surface area contributed by atoms with E-state index in [1.165, 1.54) is 6.26 Å². The van der Waals surface area contributed by atoms with E-state index in [0.29, 0.717) is 19.0 Å². The molecule has 1 aliphatic rings. The minimum atomic E-state index is -2.98. The lowest BCUT2D eigenvalue weighted by Gasteiger charge is -2.31. The molecule has 1 atom stereocenters. The van der Waals surface area contributed by atoms with E-state index in [-0.39, 0.29) is 0 Å². The quantitative estimate of drug-likeness (QED) is 0.711. The smallest absolute Gasteiger partial charge is 0.211 e. The van der Waals surface area contributed by atoms with Crippen LogP contribution in [0.4, 0.5) is 0 Å². The zero-order valence-electron chi connectivity index (χ0n) is 9.70. The normalized spacial score (nSPS) is 24.3. The van der Waals surface area contributed by atoms with Gasteiger partial charge in [0, 0.05) is 13.1 Å². The van der Waals surface area contributed by atoms with Crippen LogP contribution in [0.1, 0.15) is 26.2 Å². The van der Waals surface area contributed by atoms with E-state index in [1.54, 1.807) is 4.31 Å². The van der Waals surface area contributed by atoms with Crippen LogP contribution < -0.4 is 5.32 Å². The lowest BCUT2D eigenvalue weighted by Crippen LogP contribution is -2.42. The van der Waals surface area contributed by atoms with Gasteiger partial charge in [0.25, 0.3) is 0 Å². The minimum Gasteiger partial charge on any atom is -0.316 e. The summed E-state index contributed by atoms with van der Waals surface area (Å²) in [6.45, 7) is 5.49. The number of piperidine rings is 1. The first-order valence-electron chi connectivity index (χ1n) is 5.70. The summed E-state index contributed by atoms with van der Waals surface area (Å²) in [4.78, 5) is 0. The minimum absolute atomic E-state index is 0.486. The van der Waals surface area contributed by atoms with Gasteiger partial charge in [-0.3, -0.25) is 0 Å². The summed E-state index contributed by atoms with van der Waals surface area (Å²) in [6.07, 6.45) is 4.56. The Labute approximate surface area is 93.1 Å². The molecule has 1 rings (SSSR count). The van der Waals surface area contributed by atoms with Crippen LogP contribution >= 0.6 is 0 Å². The molecule has 0 aromatic rings. The number of rotatable bonds is 5. The number of nitrogens with one attached hydrogen (secondary N) is 1. The fraction of sp³-hybridized carbons (Fsp3) is 1.00. The Morgan fingerprint density at radius 2 is 2.20 bits per heavy atom. The molecule has 1 heterocycles. The second-order valence-corrected chi connectivity index (χ2v) is 6.32. The van der Waals surface area contributed by atoms with Gasteiger partial charge in [0.1, 0.15) is 0 Å². The highest BCUT2D eigenvalue weighted by atomic mass is 32.2. The molecule has 0 spiro atoms. The van der Waals surface area contributed by atoms with Gasteiger partial charge in [0.15, 0.2) is 0 Å². The molecule has 0 aromatic carbocycles. The summed E-state index contributed by atoms with van der Waals surface area (Å²) in [6, 6.07) is 0. The maximum atomic E-state index is 11.4. The Hall–Kier alpha value is -0.130. The fourth-order valence-corrected chi connectivity index (χ4v) is 2.92. The van der Waals surface area contributed by atoms with Gasteiger partial charge in [0.2, 0.25) is 10.0 Å². The number of hydrogen-bond donors (Lipinski definition) is 1. The second kappa shape index (κ2) is 5.82. The summed E-state index contributed by atoms with van der Waals surface area (Å²) in [5, 5.41) is 3.36. The van der Waals surface area contributed by atoms with Gasteiger partial charge < -0.3 is 5.32 Å². The van der Waals surface area contributed by atoms with Crippen LogP contribution in [0.5, 0.6) is 0 Å². The third-order valence-corrected chi connectivity index (χ3v) is 4.08. The van der Waals surface area contributed by atoms with Gasteiger partial charge in [0.05, 0.1) is 6.26 Å². The number of sulfonamides is 1. The molecular weight excluding hydrogens is 212 g/mol. The van der Waals surface area contributed by atoms with Gasteiger partial charge in [-0.1, -0.05) is 6.92 Å². The zero-order valence-corrected chi connectivity index (χ0v) is 10.5. The molecule has 1 aliphatic heterocycles. The van der Waals surface area contributed by atoms with Crippen LogP contribution in [0.25, 0.3) is 0 Å². The van der Waals surface area contributed by atoms with Gasteiger partial charge >= 0.3 is 0 Å². The Bertz CT molecular complexity index is 277. The molecule has 0 amide bonds. The van der Waals surface area contributed by atoms with Crippen LogP contribution in [0.2, 0.25) is 0 Å². The average molecular weight is 234 g/mol. The van der Waals surface area contributed by atoms with Gasteiger partial charge in [-0.05, 0) is 38.3 Å². The zero-order chi connectivity index (χ0) is 11.3. The molecule has 5 heteroatoms. The molecule has 4 nitrogen and oxygen atoms in total. The highest BCUT2D eigenvalue weighted by Gasteiger charge is 2.25. The van der Waals surface area contributed by atoms with Crippen LogP contribution in [0.3, 0.4) is 0 Å². The maximum absolute atomic E-state index is 11.4. The molecule has 1 fully saturated rings. The van der Waals surface area contributed by atoms with E-state index in [4.69, 9.17) is 0 Å². The van der Waals surface area contributed by atoms with Crippen molar-refractivity contribution in [1.82, 2.24) is 9.62 Å². The van der Waals surface area contributed by atoms with Crippen LogP contribution in [0.15, 0.2) is 0 Å². The van der Waals surface area contributed by atoms with Crippen molar-refractivity contribution in [3.8, 4) is 0 Å². The Morgan fingerprint density at radius 3 is 2.80 bits per heavy atom. The third kappa shape index (κ3) is 4.49. The fourth-order valence-electron chi connectivity index (χ4n) is 1.98. The standard InChI is InChI=1S/C10H22N2O2S/c1-3-6-11-8-10-5-4-7-12(9-10)15(2,13)14/h10-11H,3-9H2,1-2H3. The number of hydrogen-bond acceptors (Lipinski definition) is 3. The first-order valence-corrected chi connectivity index (χ1v) is 7.54. The van der Waals surface area contributed by atoms with E-state index in [0.717, 1.165) is 32.4 Å². The Morgan fingerprint density at radius 1 is 1.47 bits per heavy atom. The highest BCUT2D eigenvalue weighted by molar-refractivity contribution is 7.88. The molecule has 0 bridgehead atoms. The van der Waals surface area contributed by atoms with Crippen molar-refractivity contribution >= 4 is 10.0 Å². The van der Waals surface area contributed by atoms with Crippen molar-refractivity contribution in [2.45, 2.75) is 26.2 Å². The third-order valence-electron chi connectivity index (χ3n) is 2.81. The lowest BCUT2D eigenvalue weighted by atomic mass is 10.00. The van der Waals surface area contributed by atoms with Crippen molar-refractivity contribution in [2.24, 2.45) is 5.92 Å². The van der Waals surface area contributed by atoms with Crippen LogP contribution in [0, 0.1) is 5.92 Å². The van der Waals surface area contributed by atoms with E-state index in [9.17, 15) is 8.42 Å². The molecule has 0 radical (unpaired) electrons. The van der Waals surface area contributed by atoms with E-state index < -0.39 is 10.0 Å². The summed E-state index contributed by atoms with van der Waals surface area (Å²) >= 11 is 0.